The number of aliphatic imine (C=N–C) groups is 1. The van der Waals surface area contributed by atoms with Crippen LogP contribution in [-0.4, -0.2) is 81.3 Å². The molecule has 10 heteroatoms. The predicted octanol–water partition coefficient (Wildman–Crippen LogP) is 1.80. The lowest BCUT2D eigenvalue weighted by molar-refractivity contribution is -0.146. The summed E-state index contributed by atoms with van der Waals surface area (Å²) in [5, 5.41) is 3.25. The Hall–Kier alpha value is -0.780. The number of alkyl halides is 3. The second-order valence-corrected chi connectivity index (χ2v) is 6.95. The molecule has 2 rings (SSSR count). The molecule has 2 aliphatic heterocycles. The summed E-state index contributed by atoms with van der Waals surface area (Å²) < 4.78 is 42.2. The number of nitrogens with one attached hydrogen (secondary N) is 1. The fourth-order valence-corrected chi connectivity index (χ4v) is 3.64. The third-order valence-electron chi connectivity index (χ3n) is 4.95. The van der Waals surface area contributed by atoms with Crippen LogP contribution < -0.4 is 5.32 Å². The number of nitrogens with zero attached hydrogens (tertiary/aromatic N) is 3. The molecule has 6 nitrogen and oxygen atoms in total. The molecule has 2 fully saturated rings. The van der Waals surface area contributed by atoms with Gasteiger partial charge in [-0.25, -0.2) is 0 Å². The number of halogens is 4. The molecule has 0 aromatic rings. The number of carbonyl (C=O) groups excluding carboxylic acids is 1. The molecule has 2 saturated heterocycles. The first kappa shape index (κ1) is 23.3. The van der Waals surface area contributed by atoms with Crippen molar-refractivity contribution >= 4 is 35.9 Å². The average molecular weight is 492 g/mol. The zero-order valence-corrected chi connectivity index (χ0v) is 17.7. The molecule has 0 saturated carbocycles. The first-order valence-corrected chi connectivity index (χ1v) is 8.56. The highest BCUT2D eigenvalue weighted by molar-refractivity contribution is 14.0. The van der Waals surface area contributed by atoms with Crippen molar-refractivity contribution in [3.8, 4) is 0 Å². The van der Waals surface area contributed by atoms with Gasteiger partial charge < -0.3 is 15.0 Å². The van der Waals surface area contributed by atoms with Gasteiger partial charge in [-0.3, -0.25) is 14.7 Å². The van der Waals surface area contributed by atoms with Gasteiger partial charge in [-0.2, -0.15) is 13.2 Å². The zero-order valence-electron chi connectivity index (χ0n) is 15.4. The molecule has 2 aliphatic rings. The van der Waals surface area contributed by atoms with Crippen molar-refractivity contribution in [2.75, 3.05) is 53.4 Å². The van der Waals surface area contributed by atoms with Gasteiger partial charge >= 0.3 is 12.1 Å². The molecule has 0 aromatic carbocycles. The quantitative estimate of drug-likeness (QED) is 0.281. The number of rotatable bonds is 4. The number of ether oxygens (including phenoxy) is 1. The molecule has 0 bridgehead atoms. The molecular formula is C16H28F3IN4O2. The third kappa shape index (κ3) is 6.43. The molecule has 0 amide bonds. The highest BCUT2D eigenvalue weighted by atomic mass is 127. The molecule has 152 valence electrons. The van der Waals surface area contributed by atoms with Gasteiger partial charge in [0.2, 0.25) is 0 Å². The largest absolute Gasteiger partial charge is 0.469 e. The number of methoxy groups -OCH3 is 1. The Kier molecular flexibility index (Phi) is 8.90. The number of hydrogen-bond donors (Lipinski definition) is 1. The average Bonchev–Trinajstić information content (AvgIpc) is 3.12. The summed E-state index contributed by atoms with van der Waals surface area (Å²) in [5.41, 5.74) is 0. The Morgan fingerprint density at radius 2 is 2.00 bits per heavy atom. The SMILES string of the molecule is CN=C(NCC1CCN(CC(F)(F)F)C1)N1CC(C)C(C(=O)OC)C1.I. The van der Waals surface area contributed by atoms with E-state index in [1.165, 1.54) is 12.0 Å². The van der Waals surface area contributed by atoms with E-state index in [1.54, 1.807) is 7.05 Å². The van der Waals surface area contributed by atoms with Crippen LogP contribution in [0.1, 0.15) is 13.3 Å². The topological polar surface area (TPSA) is 57.2 Å². The first-order chi connectivity index (χ1) is 11.7. The van der Waals surface area contributed by atoms with Crippen molar-refractivity contribution in [2.24, 2.45) is 22.7 Å². The maximum Gasteiger partial charge on any atom is 0.401 e. The van der Waals surface area contributed by atoms with Crippen LogP contribution in [0.3, 0.4) is 0 Å². The predicted molar refractivity (Wildman–Crippen MR) is 104 cm³/mol. The molecule has 1 N–H and O–H groups in total. The van der Waals surface area contributed by atoms with E-state index in [1.807, 2.05) is 11.8 Å². The van der Waals surface area contributed by atoms with E-state index in [0.29, 0.717) is 38.7 Å². The van der Waals surface area contributed by atoms with Crippen LogP contribution >= 0.6 is 24.0 Å². The molecule has 0 spiro atoms. The van der Waals surface area contributed by atoms with Crippen LogP contribution in [0.25, 0.3) is 0 Å². The summed E-state index contributed by atoms with van der Waals surface area (Å²) in [5.74, 6) is 0.615. The van der Waals surface area contributed by atoms with Crippen molar-refractivity contribution in [1.82, 2.24) is 15.1 Å². The van der Waals surface area contributed by atoms with Crippen LogP contribution in [0.15, 0.2) is 4.99 Å². The smallest absolute Gasteiger partial charge is 0.401 e. The highest BCUT2D eigenvalue weighted by Crippen LogP contribution is 2.25. The van der Waals surface area contributed by atoms with E-state index in [0.717, 1.165) is 6.42 Å². The summed E-state index contributed by atoms with van der Waals surface area (Å²) in [6, 6.07) is 0. The minimum Gasteiger partial charge on any atom is -0.469 e. The number of guanidine groups is 1. The van der Waals surface area contributed by atoms with Crippen molar-refractivity contribution in [2.45, 2.75) is 19.5 Å². The van der Waals surface area contributed by atoms with Gasteiger partial charge in [-0.15, -0.1) is 24.0 Å². The lowest BCUT2D eigenvalue weighted by atomic mass is 9.99. The summed E-state index contributed by atoms with van der Waals surface area (Å²) in [6.45, 7) is 3.88. The van der Waals surface area contributed by atoms with Crippen molar-refractivity contribution in [3.05, 3.63) is 0 Å². The van der Waals surface area contributed by atoms with Gasteiger partial charge in [0.05, 0.1) is 19.6 Å². The van der Waals surface area contributed by atoms with Crippen LogP contribution in [0.4, 0.5) is 13.2 Å². The van der Waals surface area contributed by atoms with E-state index in [2.05, 4.69) is 10.3 Å². The number of hydrogen-bond acceptors (Lipinski definition) is 4. The van der Waals surface area contributed by atoms with E-state index in [4.69, 9.17) is 4.74 Å². The van der Waals surface area contributed by atoms with Crippen molar-refractivity contribution in [1.29, 1.82) is 0 Å². The fraction of sp³-hybridized carbons (Fsp3) is 0.875. The van der Waals surface area contributed by atoms with Crippen molar-refractivity contribution in [3.63, 3.8) is 0 Å². The molecule has 0 aromatic heterocycles. The summed E-state index contributed by atoms with van der Waals surface area (Å²) in [6.07, 6.45) is -3.41. The van der Waals surface area contributed by atoms with Crippen LogP contribution in [0, 0.1) is 17.8 Å². The van der Waals surface area contributed by atoms with Gasteiger partial charge in [0.15, 0.2) is 5.96 Å². The Labute approximate surface area is 169 Å². The maximum absolute atomic E-state index is 12.5. The molecule has 26 heavy (non-hydrogen) atoms. The van der Waals surface area contributed by atoms with E-state index in [9.17, 15) is 18.0 Å². The molecular weight excluding hydrogens is 464 g/mol. The van der Waals surface area contributed by atoms with Crippen LogP contribution in [0.2, 0.25) is 0 Å². The van der Waals surface area contributed by atoms with E-state index < -0.39 is 12.7 Å². The second kappa shape index (κ2) is 9.95. The Balaban J connectivity index is 0.00000338. The second-order valence-electron chi connectivity index (χ2n) is 6.95. The van der Waals surface area contributed by atoms with E-state index >= 15 is 0 Å². The lowest BCUT2D eigenvalue weighted by Gasteiger charge is -2.23. The number of likely N-dealkylation sites (tertiary alicyclic amines) is 2. The number of esters is 1. The van der Waals surface area contributed by atoms with Crippen LogP contribution in [-0.2, 0) is 9.53 Å². The number of carbonyl (C=O) groups is 1. The summed E-state index contributed by atoms with van der Waals surface area (Å²) in [4.78, 5) is 19.5. The van der Waals surface area contributed by atoms with E-state index in [-0.39, 0.29) is 47.7 Å². The van der Waals surface area contributed by atoms with Gasteiger partial charge in [-0.1, -0.05) is 6.92 Å². The highest BCUT2D eigenvalue weighted by Gasteiger charge is 2.37. The fourth-order valence-electron chi connectivity index (χ4n) is 3.64. The molecule has 0 radical (unpaired) electrons. The van der Waals surface area contributed by atoms with Gasteiger partial charge in [-0.05, 0) is 24.8 Å². The normalized spacial score (nSPS) is 27.4. The van der Waals surface area contributed by atoms with Crippen molar-refractivity contribution < 1.29 is 22.7 Å². The van der Waals surface area contributed by atoms with Crippen LogP contribution in [0.5, 0.6) is 0 Å². The monoisotopic (exact) mass is 492 g/mol. The zero-order chi connectivity index (χ0) is 18.6. The van der Waals surface area contributed by atoms with Gasteiger partial charge in [0, 0.05) is 33.2 Å². The minimum atomic E-state index is -4.15. The Bertz CT molecular complexity index is 504. The molecule has 2 heterocycles. The standard InChI is InChI=1S/C16H27F3N4O2.HI/c1-11-7-23(9-13(11)14(24)25-3)15(20-2)21-6-12-4-5-22(8-12)10-16(17,18)19;/h11-13H,4-10H2,1-3H3,(H,20,21);1H. The Morgan fingerprint density at radius 1 is 1.31 bits per heavy atom. The third-order valence-corrected chi connectivity index (χ3v) is 4.95. The lowest BCUT2D eigenvalue weighted by Crippen LogP contribution is -2.43. The minimum absolute atomic E-state index is 0. The van der Waals surface area contributed by atoms with Gasteiger partial charge in [0.25, 0.3) is 0 Å². The molecule has 3 unspecified atom stereocenters. The maximum atomic E-state index is 12.5. The van der Waals surface area contributed by atoms with Gasteiger partial charge in [0.1, 0.15) is 0 Å². The molecule has 3 atom stereocenters. The first-order valence-electron chi connectivity index (χ1n) is 8.56. The molecule has 0 aliphatic carbocycles. The summed E-state index contributed by atoms with van der Waals surface area (Å²) >= 11 is 0. The summed E-state index contributed by atoms with van der Waals surface area (Å²) in [7, 11) is 3.06. The Morgan fingerprint density at radius 3 is 2.58 bits per heavy atom.